The lowest BCUT2D eigenvalue weighted by Crippen LogP contribution is -2.16. The zero-order valence-corrected chi connectivity index (χ0v) is 8.77. The van der Waals surface area contributed by atoms with Crippen LogP contribution in [-0.2, 0) is 7.05 Å². The molecule has 5 nitrogen and oxygen atoms in total. The van der Waals surface area contributed by atoms with Gasteiger partial charge in [0.1, 0.15) is 0 Å². The summed E-state index contributed by atoms with van der Waals surface area (Å²) in [4.78, 5) is 0. The number of rotatable bonds is 5. The summed E-state index contributed by atoms with van der Waals surface area (Å²) in [6, 6.07) is 0. The SMILES string of the molecule is CCNCCSc1nnc(N)n1C. The van der Waals surface area contributed by atoms with Gasteiger partial charge in [-0.3, -0.25) is 4.57 Å². The standard InChI is InChI=1S/C7H15N5S/c1-3-9-4-5-13-7-11-10-6(8)12(7)2/h9H,3-5H2,1-2H3,(H2,8,10). The van der Waals surface area contributed by atoms with Gasteiger partial charge < -0.3 is 11.1 Å². The van der Waals surface area contributed by atoms with Crippen molar-refractivity contribution in [3.63, 3.8) is 0 Å². The molecule has 0 atom stereocenters. The molecular formula is C7H15N5S. The van der Waals surface area contributed by atoms with Gasteiger partial charge in [0.05, 0.1) is 0 Å². The van der Waals surface area contributed by atoms with Crippen LogP contribution in [0.1, 0.15) is 6.92 Å². The fraction of sp³-hybridized carbons (Fsp3) is 0.714. The molecule has 1 rings (SSSR count). The Kier molecular flexibility index (Phi) is 4.04. The van der Waals surface area contributed by atoms with Crippen molar-refractivity contribution in [2.75, 3.05) is 24.6 Å². The first-order valence-electron chi connectivity index (χ1n) is 4.24. The average Bonchev–Trinajstić information content (AvgIpc) is 2.43. The molecule has 13 heavy (non-hydrogen) atoms. The summed E-state index contributed by atoms with van der Waals surface area (Å²) in [7, 11) is 1.87. The summed E-state index contributed by atoms with van der Waals surface area (Å²) in [5.74, 6) is 1.45. The number of aromatic nitrogens is 3. The van der Waals surface area contributed by atoms with Crippen molar-refractivity contribution in [2.24, 2.45) is 7.05 Å². The lowest BCUT2D eigenvalue weighted by molar-refractivity contribution is 0.761. The van der Waals surface area contributed by atoms with E-state index in [4.69, 9.17) is 5.73 Å². The zero-order chi connectivity index (χ0) is 9.68. The maximum absolute atomic E-state index is 5.53. The molecule has 0 spiro atoms. The minimum Gasteiger partial charge on any atom is -0.368 e. The van der Waals surface area contributed by atoms with Crippen molar-refractivity contribution in [1.29, 1.82) is 0 Å². The van der Waals surface area contributed by atoms with Crippen LogP contribution in [0.5, 0.6) is 0 Å². The van der Waals surface area contributed by atoms with E-state index < -0.39 is 0 Å². The Hall–Kier alpha value is -0.750. The fourth-order valence-corrected chi connectivity index (χ4v) is 1.66. The Morgan fingerprint density at radius 1 is 1.54 bits per heavy atom. The Bertz CT molecular complexity index is 259. The number of thioether (sulfide) groups is 1. The zero-order valence-electron chi connectivity index (χ0n) is 7.95. The van der Waals surface area contributed by atoms with Gasteiger partial charge in [-0.2, -0.15) is 0 Å². The van der Waals surface area contributed by atoms with Gasteiger partial charge in [-0.25, -0.2) is 0 Å². The highest BCUT2D eigenvalue weighted by molar-refractivity contribution is 7.99. The minimum absolute atomic E-state index is 0.464. The van der Waals surface area contributed by atoms with Gasteiger partial charge in [0.15, 0.2) is 5.16 Å². The van der Waals surface area contributed by atoms with Crippen molar-refractivity contribution in [3.8, 4) is 0 Å². The summed E-state index contributed by atoms with van der Waals surface area (Å²) in [6.45, 7) is 4.07. The largest absolute Gasteiger partial charge is 0.368 e. The molecule has 1 heterocycles. The number of nitrogens with two attached hydrogens (primary N) is 1. The first-order chi connectivity index (χ1) is 6.25. The van der Waals surface area contributed by atoms with Gasteiger partial charge in [-0.05, 0) is 6.54 Å². The molecule has 0 saturated carbocycles. The normalized spacial score (nSPS) is 10.6. The lowest BCUT2D eigenvalue weighted by atomic mass is 10.7. The molecule has 1 aromatic heterocycles. The predicted molar refractivity (Wildman–Crippen MR) is 54.7 cm³/mol. The van der Waals surface area contributed by atoms with Gasteiger partial charge in [0.25, 0.3) is 0 Å². The van der Waals surface area contributed by atoms with E-state index in [1.807, 2.05) is 7.05 Å². The van der Waals surface area contributed by atoms with E-state index in [9.17, 15) is 0 Å². The topological polar surface area (TPSA) is 68.8 Å². The minimum atomic E-state index is 0.464. The number of nitrogens with one attached hydrogen (secondary N) is 1. The van der Waals surface area contributed by atoms with E-state index in [1.54, 1.807) is 16.3 Å². The number of anilines is 1. The predicted octanol–water partition coefficient (Wildman–Crippen LogP) is 0.0989. The van der Waals surface area contributed by atoms with E-state index >= 15 is 0 Å². The van der Waals surface area contributed by atoms with Crippen LogP contribution in [0.25, 0.3) is 0 Å². The summed E-state index contributed by atoms with van der Waals surface area (Å²) in [6.07, 6.45) is 0. The van der Waals surface area contributed by atoms with Gasteiger partial charge in [0, 0.05) is 19.3 Å². The quantitative estimate of drug-likeness (QED) is 0.522. The van der Waals surface area contributed by atoms with Crippen LogP contribution in [0.2, 0.25) is 0 Å². The molecule has 0 aliphatic heterocycles. The van der Waals surface area contributed by atoms with E-state index in [1.165, 1.54) is 0 Å². The Morgan fingerprint density at radius 3 is 2.85 bits per heavy atom. The molecule has 6 heteroatoms. The molecule has 0 unspecified atom stereocenters. The number of hydrogen-bond acceptors (Lipinski definition) is 5. The van der Waals surface area contributed by atoms with Crippen molar-refractivity contribution in [2.45, 2.75) is 12.1 Å². The second-order valence-corrected chi connectivity index (χ2v) is 3.66. The second-order valence-electron chi connectivity index (χ2n) is 2.60. The third-order valence-electron chi connectivity index (χ3n) is 1.63. The first kappa shape index (κ1) is 10.3. The molecule has 74 valence electrons. The van der Waals surface area contributed by atoms with E-state index in [2.05, 4.69) is 22.4 Å². The van der Waals surface area contributed by atoms with Crippen molar-refractivity contribution in [1.82, 2.24) is 20.1 Å². The average molecular weight is 201 g/mol. The van der Waals surface area contributed by atoms with Crippen LogP contribution in [0.3, 0.4) is 0 Å². The van der Waals surface area contributed by atoms with Gasteiger partial charge in [-0.15, -0.1) is 10.2 Å². The van der Waals surface area contributed by atoms with Crippen molar-refractivity contribution < 1.29 is 0 Å². The van der Waals surface area contributed by atoms with Crippen LogP contribution in [-0.4, -0.2) is 33.6 Å². The van der Waals surface area contributed by atoms with Gasteiger partial charge in [0.2, 0.25) is 5.95 Å². The highest BCUT2D eigenvalue weighted by Gasteiger charge is 2.04. The summed E-state index contributed by atoms with van der Waals surface area (Å²) in [5, 5.41) is 11.8. The van der Waals surface area contributed by atoms with Crippen LogP contribution in [0.4, 0.5) is 5.95 Å². The molecular weight excluding hydrogens is 186 g/mol. The van der Waals surface area contributed by atoms with Crippen LogP contribution in [0, 0.1) is 0 Å². The molecule has 0 aliphatic rings. The maximum atomic E-state index is 5.53. The molecule has 0 saturated heterocycles. The second kappa shape index (κ2) is 5.08. The monoisotopic (exact) mass is 201 g/mol. The van der Waals surface area contributed by atoms with Crippen LogP contribution >= 0.6 is 11.8 Å². The molecule has 0 bridgehead atoms. The molecule has 0 amide bonds. The number of hydrogen-bond donors (Lipinski definition) is 2. The van der Waals surface area contributed by atoms with Crippen LogP contribution in [0.15, 0.2) is 5.16 Å². The molecule has 0 aromatic carbocycles. The van der Waals surface area contributed by atoms with Crippen molar-refractivity contribution >= 4 is 17.7 Å². The Balaban J connectivity index is 2.32. The molecule has 0 radical (unpaired) electrons. The lowest BCUT2D eigenvalue weighted by Gasteiger charge is -2.01. The highest BCUT2D eigenvalue weighted by atomic mass is 32.2. The van der Waals surface area contributed by atoms with E-state index in [0.717, 1.165) is 24.0 Å². The van der Waals surface area contributed by atoms with Crippen molar-refractivity contribution in [3.05, 3.63) is 0 Å². The van der Waals surface area contributed by atoms with Gasteiger partial charge in [-0.1, -0.05) is 18.7 Å². The summed E-state index contributed by atoms with van der Waals surface area (Å²) >= 11 is 1.65. The first-order valence-corrected chi connectivity index (χ1v) is 5.22. The number of nitrogen functional groups attached to an aromatic ring is 1. The fourth-order valence-electron chi connectivity index (χ4n) is 0.843. The van der Waals surface area contributed by atoms with E-state index in [0.29, 0.717) is 5.95 Å². The molecule has 0 fully saturated rings. The highest BCUT2D eigenvalue weighted by Crippen LogP contribution is 2.14. The van der Waals surface area contributed by atoms with E-state index in [-0.39, 0.29) is 0 Å². The molecule has 0 aliphatic carbocycles. The molecule has 3 N–H and O–H groups in total. The summed E-state index contributed by atoms with van der Waals surface area (Å²) in [5.41, 5.74) is 5.53. The smallest absolute Gasteiger partial charge is 0.222 e. The van der Waals surface area contributed by atoms with Crippen LogP contribution < -0.4 is 11.1 Å². The maximum Gasteiger partial charge on any atom is 0.222 e. The third kappa shape index (κ3) is 2.89. The Morgan fingerprint density at radius 2 is 2.31 bits per heavy atom. The third-order valence-corrected chi connectivity index (χ3v) is 2.65. The Labute approximate surface area is 82.1 Å². The molecule has 1 aromatic rings. The van der Waals surface area contributed by atoms with Gasteiger partial charge >= 0.3 is 0 Å². The summed E-state index contributed by atoms with van der Waals surface area (Å²) < 4.78 is 1.79. The number of nitrogens with zero attached hydrogens (tertiary/aromatic N) is 3.